The van der Waals surface area contributed by atoms with Gasteiger partial charge in [-0.15, -0.1) is 0 Å². The molecule has 1 rings (SSSR count). The van der Waals surface area contributed by atoms with E-state index in [4.69, 9.17) is 14.2 Å². The Hall–Kier alpha value is -2.95. The molecule has 0 saturated heterocycles. The Kier molecular flexibility index (Phi) is 14.4. The van der Waals surface area contributed by atoms with Crippen LogP contribution in [-0.4, -0.2) is 66.9 Å². The third kappa shape index (κ3) is 13.8. The molecule has 0 aromatic heterocycles. The molecule has 0 unspecified atom stereocenters. The molecule has 0 spiro atoms. The quantitative estimate of drug-likeness (QED) is 0.191. The van der Waals surface area contributed by atoms with E-state index < -0.39 is 41.7 Å². The summed E-state index contributed by atoms with van der Waals surface area (Å²) in [4.78, 5) is 49.6. The highest BCUT2D eigenvalue weighted by Crippen LogP contribution is 2.08. The maximum atomic E-state index is 13.0. The number of carbonyl (C=O) groups excluding carboxylic acids is 4. The smallest absolute Gasteiger partial charge is 0.408 e. The van der Waals surface area contributed by atoms with Gasteiger partial charge in [-0.05, 0) is 64.5 Å². The van der Waals surface area contributed by atoms with Crippen LogP contribution in [0.5, 0.6) is 0 Å². The summed E-state index contributed by atoms with van der Waals surface area (Å²) in [6.07, 6.45) is 1.58. The number of hydrogen-bond donors (Lipinski definition) is 3. The Labute approximate surface area is 217 Å². The normalized spacial score (nSPS) is 12.6. The van der Waals surface area contributed by atoms with Crippen LogP contribution in [0.1, 0.15) is 52.5 Å². The number of thioether (sulfide) groups is 1. The summed E-state index contributed by atoms with van der Waals surface area (Å²) < 4.78 is 15.5. The van der Waals surface area contributed by atoms with Gasteiger partial charge in [0.25, 0.3) is 0 Å². The maximum Gasteiger partial charge on any atom is 0.408 e. The van der Waals surface area contributed by atoms with Crippen molar-refractivity contribution in [2.75, 3.05) is 25.2 Å². The van der Waals surface area contributed by atoms with Gasteiger partial charge in [-0.2, -0.15) is 11.8 Å². The zero-order valence-electron chi connectivity index (χ0n) is 21.8. The van der Waals surface area contributed by atoms with Gasteiger partial charge in [0.1, 0.15) is 24.3 Å². The van der Waals surface area contributed by atoms with Gasteiger partial charge in [0, 0.05) is 6.54 Å². The molecule has 10 nitrogen and oxygen atoms in total. The topological polar surface area (TPSA) is 132 Å². The largest absolute Gasteiger partial charge is 0.464 e. The summed E-state index contributed by atoms with van der Waals surface area (Å²) >= 11 is 1.53. The van der Waals surface area contributed by atoms with Gasteiger partial charge in [0.15, 0.2) is 0 Å². The van der Waals surface area contributed by atoms with Crippen molar-refractivity contribution in [2.45, 2.75) is 71.2 Å². The molecule has 0 saturated carbocycles. The Morgan fingerprint density at radius 2 is 1.64 bits per heavy atom. The monoisotopic (exact) mass is 525 g/mol. The highest BCUT2D eigenvalue weighted by atomic mass is 32.2. The van der Waals surface area contributed by atoms with Gasteiger partial charge in [-0.25, -0.2) is 14.4 Å². The van der Waals surface area contributed by atoms with E-state index in [1.165, 1.54) is 11.8 Å². The molecule has 2 atom stereocenters. The van der Waals surface area contributed by atoms with Crippen molar-refractivity contribution in [3.63, 3.8) is 0 Å². The standard InChI is InChI=1S/C25H39N3O7S/c1-6-33-22(30)20(13-10-15-26-23(31)35-25(2,3)4)27-21(29)19(14-16-36-5)28-24(32)34-17-18-11-8-7-9-12-18/h7-9,11-12,19-20H,6,10,13-17H2,1-5H3,(H,26,31)(H,27,29)(H,28,32)/t19-,20-/m0/s1. The lowest BCUT2D eigenvalue weighted by Gasteiger charge is -2.23. The summed E-state index contributed by atoms with van der Waals surface area (Å²) in [7, 11) is 0. The Morgan fingerprint density at radius 3 is 2.25 bits per heavy atom. The van der Waals surface area contributed by atoms with Gasteiger partial charge >= 0.3 is 18.2 Å². The minimum absolute atomic E-state index is 0.0691. The van der Waals surface area contributed by atoms with Crippen molar-refractivity contribution >= 4 is 35.8 Å². The van der Waals surface area contributed by atoms with E-state index in [-0.39, 0.29) is 26.2 Å². The van der Waals surface area contributed by atoms with Crippen LogP contribution in [0.4, 0.5) is 9.59 Å². The summed E-state index contributed by atoms with van der Waals surface area (Å²) in [5, 5.41) is 7.89. The van der Waals surface area contributed by atoms with E-state index >= 15 is 0 Å². The first-order valence-electron chi connectivity index (χ1n) is 12.0. The molecule has 11 heteroatoms. The number of hydrogen-bond acceptors (Lipinski definition) is 8. The zero-order valence-corrected chi connectivity index (χ0v) is 22.6. The highest BCUT2D eigenvalue weighted by molar-refractivity contribution is 7.98. The number of benzene rings is 1. The van der Waals surface area contributed by atoms with Crippen LogP contribution in [0.15, 0.2) is 30.3 Å². The lowest BCUT2D eigenvalue weighted by atomic mass is 10.1. The van der Waals surface area contributed by atoms with Crippen molar-refractivity contribution in [2.24, 2.45) is 0 Å². The number of nitrogens with one attached hydrogen (secondary N) is 3. The molecule has 0 aliphatic carbocycles. The van der Waals surface area contributed by atoms with Gasteiger partial charge in [0.2, 0.25) is 5.91 Å². The SMILES string of the molecule is CCOC(=O)[C@H](CCCNC(=O)OC(C)(C)C)NC(=O)[C@H](CCSC)NC(=O)OCc1ccccc1. The van der Waals surface area contributed by atoms with Crippen molar-refractivity contribution < 1.29 is 33.4 Å². The van der Waals surface area contributed by atoms with E-state index in [9.17, 15) is 19.2 Å². The van der Waals surface area contributed by atoms with Gasteiger partial charge in [0.05, 0.1) is 6.61 Å². The Morgan fingerprint density at radius 1 is 0.944 bits per heavy atom. The first kappa shape index (κ1) is 31.1. The van der Waals surface area contributed by atoms with Crippen LogP contribution in [0.3, 0.4) is 0 Å². The summed E-state index contributed by atoms with van der Waals surface area (Å²) in [6, 6.07) is 7.36. The third-order valence-electron chi connectivity index (χ3n) is 4.66. The molecule has 3 N–H and O–H groups in total. The van der Waals surface area contributed by atoms with E-state index in [0.717, 1.165) is 5.56 Å². The van der Waals surface area contributed by atoms with Crippen molar-refractivity contribution in [1.29, 1.82) is 0 Å². The fourth-order valence-electron chi connectivity index (χ4n) is 2.99. The maximum absolute atomic E-state index is 13.0. The molecule has 202 valence electrons. The molecule has 36 heavy (non-hydrogen) atoms. The van der Waals surface area contributed by atoms with Gasteiger partial charge in [-0.3, -0.25) is 4.79 Å². The van der Waals surface area contributed by atoms with Crippen LogP contribution >= 0.6 is 11.8 Å². The number of rotatable bonds is 14. The fourth-order valence-corrected chi connectivity index (χ4v) is 3.46. The second kappa shape index (κ2) is 16.7. The highest BCUT2D eigenvalue weighted by Gasteiger charge is 2.27. The molecule has 1 aromatic carbocycles. The first-order valence-corrected chi connectivity index (χ1v) is 13.3. The minimum Gasteiger partial charge on any atom is -0.464 e. The lowest BCUT2D eigenvalue weighted by molar-refractivity contribution is -0.147. The summed E-state index contributed by atoms with van der Waals surface area (Å²) in [5.74, 6) is -0.488. The number of alkyl carbamates (subject to hydrolysis) is 2. The molecule has 1 aromatic rings. The number of amides is 3. The van der Waals surface area contributed by atoms with Crippen molar-refractivity contribution in [3.8, 4) is 0 Å². The number of ether oxygens (including phenoxy) is 3. The van der Waals surface area contributed by atoms with E-state index in [1.807, 2.05) is 36.6 Å². The van der Waals surface area contributed by atoms with E-state index in [2.05, 4.69) is 16.0 Å². The summed E-state index contributed by atoms with van der Waals surface area (Å²) in [5.41, 5.74) is 0.201. The predicted molar refractivity (Wildman–Crippen MR) is 139 cm³/mol. The van der Waals surface area contributed by atoms with E-state index in [0.29, 0.717) is 18.6 Å². The van der Waals surface area contributed by atoms with Crippen LogP contribution in [-0.2, 0) is 30.4 Å². The average Bonchev–Trinajstić information content (AvgIpc) is 2.81. The molecular formula is C25H39N3O7S. The zero-order chi connectivity index (χ0) is 27.0. The molecule has 3 amide bonds. The van der Waals surface area contributed by atoms with Crippen molar-refractivity contribution in [3.05, 3.63) is 35.9 Å². The second-order valence-electron chi connectivity index (χ2n) is 8.92. The first-order chi connectivity index (χ1) is 17.1. The van der Waals surface area contributed by atoms with Gasteiger partial charge in [-0.1, -0.05) is 30.3 Å². The predicted octanol–water partition coefficient (Wildman–Crippen LogP) is 3.39. The molecule has 0 fully saturated rings. The Bertz CT molecular complexity index is 831. The summed E-state index contributed by atoms with van der Waals surface area (Å²) in [6.45, 7) is 7.43. The third-order valence-corrected chi connectivity index (χ3v) is 5.30. The number of carbonyl (C=O) groups is 4. The van der Waals surface area contributed by atoms with Crippen LogP contribution in [0, 0.1) is 0 Å². The lowest BCUT2D eigenvalue weighted by Crippen LogP contribution is -2.52. The van der Waals surface area contributed by atoms with Crippen LogP contribution in [0.2, 0.25) is 0 Å². The van der Waals surface area contributed by atoms with Crippen LogP contribution < -0.4 is 16.0 Å². The number of esters is 1. The molecule has 0 aliphatic heterocycles. The molecule has 0 radical (unpaired) electrons. The van der Waals surface area contributed by atoms with Crippen LogP contribution in [0.25, 0.3) is 0 Å². The Balaban J connectivity index is 2.68. The average molecular weight is 526 g/mol. The molecule has 0 aliphatic rings. The second-order valence-corrected chi connectivity index (χ2v) is 9.91. The fraction of sp³-hybridized carbons (Fsp3) is 0.600. The molecule has 0 bridgehead atoms. The minimum atomic E-state index is -0.934. The molecular weight excluding hydrogens is 486 g/mol. The molecule has 0 heterocycles. The van der Waals surface area contributed by atoms with Gasteiger partial charge < -0.3 is 30.2 Å². The van der Waals surface area contributed by atoms with E-state index in [1.54, 1.807) is 27.7 Å². The van der Waals surface area contributed by atoms with Crippen molar-refractivity contribution in [1.82, 2.24) is 16.0 Å².